The van der Waals surface area contributed by atoms with Crippen molar-refractivity contribution in [2.45, 2.75) is 6.54 Å². The molecule has 0 atom stereocenters. The van der Waals surface area contributed by atoms with E-state index in [1.807, 2.05) is 30.3 Å². The molecule has 0 amide bonds. The molecule has 2 aromatic heterocycles. The molecule has 0 fully saturated rings. The molecule has 2 heterocycles. The number of carboxylic acids is 1. The van der Waals surface area contributed by atoms with Gasteiger partial charge in [0.25, 0.3) is 0 Å². The van der Waals surface area contributed by atoms with Crippen molar-refractivity contribution in [2.24, 2.45) is 0 Å². The Bertz CT molecular complexity index is 1070. The average molecular weight is 354 g/mol. The summed E-state index contributed by atoms with van der Waals surface area (Å²) in [6.07, 6.45) is 3.20. The Morgan fingerprint density at radius 2 is 2.00 bits per heavy atom. The van der Waals surface area contributed by atoms with Crippen LogP contribution in [0.1, 0.15) is 16.1 Å². The van der Waals surface area contributed by atoms with Crippen LogP contribution in [0.15, 0.2) is 59.3 Å². The van der Waals surface area contributed by atoms with E-state index in [1.54, 1.807) is 23.1 Å². The summed E-state index contributed by atoms with van der Waals surface area (Å²) in [6.45, 7) is 0.269. The average Bonchev–Trinajstić information content (AvgIpc) is 3.23. The highest BCUT2D eigenvalue weighted by molar-refractivity contribution is 6.32. The summed E-state index contributed by atoms with van der Waals surface area (Å²) in [5.41, 5.74) is 1.47. The molecule has 0 aliphatic rings. The molecule has 0 bridgehead atoms. The third kappa shape index (κ3) is 2.88. The number of halogens is 1. The van der Waals surface area contributed by atoms with Crippen LogP contribution in [0.25, 0.3) is 22.4 Å². The number of carboxylic acid groups (broad SMARTS) is 1. The van der Waals surface area contributed by atoms with Crippen LogP contribution in [-0.4, -0.2) is 25.8 Å². The van der Waals surface area contributed by atoms with E-state index in [2.05, 4.69) is 10.1 Å². The third-order valence-corrected chi connectivity index (χ3v) is 4.03. The van der Waals surface area contributed by atoms with Crippen LogP contribution in [0.5, 0.6) is 0 Å². The van der Waals surface area contributed by atoms with E-state index in [0.717, 1.165) is 5.56 Å². The summed E-state index contributed by atoms with van der Waals surface area (Å²) in [5.74, 6) is 0.0282. The van der Waals surface area contributed by atoms with Crippen LogP contribution >= 0.6 is 11.6 Å². The van der Waals surface area contributed by atoms with Crippen LogP contribution in [0, 0.1) is 0 Å². The molecule has 0 unspecified atom stereocenters. The minimum atomic E-state index is -1.06. The maximum Gasteiger partial charge on any atom is 0.337 e. The first-order valence-electron chi connectivity index (χ1n) is 7.50. The normalized spacial score (nSPS) is 11.1. The maximum absolute atomic E-state index is 11.5. The molecule has 6 nitrogen and oxygen atoms in total. The molecule has 0 spiro atoms. The number of aromatic carboxylic acids is 1. The van der Waals surface area contributed by atoms with Gasteiger partial charge in [0.15, 0.2) is 0 Å². The van der Waals surface area contributed by atoms with Gasteiger partial charge in [0, 0.05) is 16.0 Å². The minimum absolute atomic E-state index is 0.0998. The first-order valence-corrected chi connectivity index (χ1v) is 7.88. The van der Waals surface area contributed by atoms with Crippen molar-refractivity contribution in [2.75, 3.05) is 0 Å². The number of benzene rings is 2. The number of aromatic nitrogens is 3. The summed E-state index contributed by atoms with van der Waals surface area (Å²) in [6, 6.07) is 12.6. The lowest BCUT2D eigenvalue weighted by molar-refractivity contribution is 0.0698. The zero-order valence-electron chi connectivity index (χ0n) is 12.9. The lowest BCUT2D eigenvalue weighted by atomic mass is 10.1. The largest absolute Gasteiger partial charge is 0.478 e. The van der Waals surface area contributed by atoms with Gasteiger partial charge in [-0.2, -0.15) is 5.10 Å². The van der Waals surface area contributed by atoms with Gasteiger partial charge in [0.1, 0.15) is 12.3 Å². The van der Waals surface area contributed by atoms with Gasteiger partial charge in [0.2, 0.25) is 5.89 Å². The van der Waals surface area contributed by atoms with Gasteiger partial charge < -0.3 is 9.52 Å². The highest BCUT2D eigenvalue weighted by atomic mass is 35.5. The van der Waals surface area contributed by atoms with Crippen LogP contribution < -0.4 is 0 Å². The standard InChI is InChI=1S/C18H12ClN3O3/c19-13-6-12-8-21-22(16(12)15(7-13)18(23)24)10-14-9-20-17(25-14)11-4-2-1-3-5-11/h1-9H,10H2,(H,23,24). The zero-order valence-corrected chi connectivity index (χ0v) is 13.6. The lowest BCUT2D eigenvalue weighted by Gasteiger charge is -2.05. The molecule has 124 valence electrons. The van der Waals surface area contributed by atoms with E-state index in [0.29, 0.717) is 27.6 Å². The fraction of sp³-hybridized carbons (Fsp3) is 0.0556. The Kier molecular flexibility index (Phi) is 3.74. The Labute approximate surface area is 147 Å². The summed E-state index contributed by atoms with van der Waals surface area (Å²) in [5, 5.41) is 14.7. The number of carbonyl (C=O) groups is 1. The predicted octanol–water partition coefficient (Wildman–Crippen LogP) is 4.09. The zero-order chi connectivity index (χ0) is 17.4. The monoisotopic (exact) mass is 353 g/mol. The number of rotatable bonds is 4. The second-order valence-electron chi connectivity index (χ2n) is 5.50. The molecule has 4 rings (SSSR count). The number of hydrogen-bond acceptors (Lipinski definition) is 4. The second-order valence-corrected chi connectivity index (χ2v) is 5.93. The van der Waals surface area contributed by atoms with Crippen molar-refractivity contribution >= 4 is 28.5 Å². The van der Waals surface area contributed by atoms with Crippen LogP contribution in [0.4, 0.5) is 0 Å². The third-order valence-electron chi connectivity index (χ3n) is 3.81. The van der Waals surface area contributed by atoms with E-state index in [-0.39, 0.29) is 12.1 Å². The molecular formula is C18H12ClN3O3. The first-order chi connectivity index (χ1) is 12.1. The lowest BCUT2D eigenvalue weighted by Crippen LogP contribution is -2.06. The molecule has 0 aliphatic carbocycles. The molecule has 0 saturated heterocycles. The number of hydrogen-bond donors (Lipinski definition) is 1. The summed E-state index contributed by atoms with van der Waals surface area (Å²) >= 11 is 5.98. The van der Waals surface area contributed by atoms with E-state index in [4.69, 9.17) is 16.0 Å². The fourth-order valence-corrected chi connectivity index (χ4v) is 2.95. The Morgan fingerprint density at radius 3 is 2.76 bits per heavy atom. The van der Waals surface area contributed by atoms with Crippen molar-refractivity contribution in [3.05, 3.63) is 71.2 Å². The quantitative estimate of drug-likeness (QED) is 0.597. The summed E-state index contributed by atoms with van der Waals surface area (Å²) in [7, 11) is 0. The van der Waals surface area contributed by atoms with E-state index >= 15 is 0 Å². The molecule has 0 aliphatic heterocycles. The minimum Gasteiger partial charge on any atom is -0.478 e. The van der Waals surface area contributed by atoms with Gasteiger partial charge in [-0.1, -0.05) is 29.8 Å². The topological polar surface area (TPSA) is 81.1 Å². The maximum atomic E-state index is 11.5. The van der Waals surface area contributed by atoms with Gasteiger partial charge >= 0.3 is 5.97 Å². The highest BCUT2D eigenvalue weighted by Crippen LogP contribution is 2.25. The summed E-state index contributed by atoms with van der Waals surface area (Å²) in [4.78, 5) is 15.8. The van der Waals surface area contributed by atoms with Crippen LogP contribution in [0.2, 0.25) is 5.02 Å². The van der Waals surface area contributed by atoms with Gasteiger partial charge in [0.05, 0.1) is 23.5 Å². The van der Waals surface area contributed by atoms with Crippen molar-refractivity contribution in [3.8, 4) is 11.5 Å². The predicted molar refractivity (Wildman–Crippen MR) is 92.7 cm³/mol. The van der Waals surface area contributed by atoms with Gasteiger partial charge in [-0.25, -0.2) is 9.78 Å². The van der Waals surface area contributed by atoms with Crippen LogP contribution in [0.3, 0.4) is 0 Å². The number of nitrogens with zero attached hydrogens (tertiary/aromatic N) is 3. The Morgan fingerprint density at radius 1 is 1.20 bits per heavy atom. The molecule has 0 radical (unpaired) electrons. The molecular weight excluding hydrogens is 342 g/mol. The van der Waals surface area contributed by atoms with Crippen molar-refractivity contribution in [3.63, 3.8) is 0 Å². The molecule has 4 aromatic rings. The summed E-state index contributed by atoms with van der Waals surface area (Å²) < 4.78 is 7.34. The fourth-order valence-electron chi connectivity index (χ4n) is 2.72. The van der Waals surface area contributed by atoms with Gasteiger partial charge in [-0.3, -0.25) is 4.68 Å². The van der Waals surface area contributed by atoms with Crippen LogP contribution in [-0.2, 0) is 6.54 Å². The highest BCUT2D eigenvalue weighted by Gasteiger charge is 2.16. The number of oxazole rings is 1. The smallest absolute Gasteiger partial charge is 0.337 e. The first kappa shape index (κ1) is 15.4. The molecule has 1 N–H and O–H groups in total. The van der Waals surface area contributed by atoms with E-state index in [9.17, 15) is 9.90 Å². The van der Waals surface area contributed by atoms with Crippen molar-refractivity contribution < 1.29 is 14.3 Å². The van der Waals surface area contributed by atoms with Gasteiger partial charge in [-0.05, 0) is 24.3 Å². The van der Waals surface area contributed by atoms with E-state index < -0.39 is 5.97 Å². The number of fused-ring (bicyclic) bond motifs is 1. The molecule has 7 heteroatoms. The molecule has 0 saturated carbocycles. The van der Waals surface area contributed by atoms with Crippen molar-refractivity contribution in [1.82, 2.24) is 14.8 Å². The second kappa shape index (κ2) is 6.07. The Balaban J connectivity index is 1.72. The van der Waals surface area contributed by atoms with E-state index in [1.165, 1.54) is 6.07 Å². The SMILES string of the molecule is O=C(O)c1cc(Cl)cc2cnn(Cc3cnc(-c4ccccc4)o3)c12. The molecule has 2 aromatic carbocycles. The van der Waals surface area contributed by atoms with Gasteiger partial charge in [-0.15, -0.1) is 0 Å². The molecule has 25 heavy (non-hydrogen) atoms. The van der Waals surface area contributed by atoms with Crippen molar-refractivity contribution in [1.29, 1.82) is 0 Å². The Hall–Kier alpha value is -3.12.